The lowest BCUT2D eigenvalue weighted by molar-refractivity contribution is -0.153. The second-order valence-corrected chi connectivity index (χ2v) is 7.03. The lowest BCUT2D eigenvalue weighted by Crippen LogP contribution is -2.52. The van der Waals surface area contributed by atoms with E-state index in [0.717, 1.165) is 4.47 Å². The summed E-state index contributed by atoms with van der Waals surface area (Å²) in [5.74, 6) is -0.539. The van der Waals surface area contributed by atoms with E-state index in [9.17, 15) is 9.59 Å². The van der Waals surface area contributed by atoms with Gasteiger partial charge in [0.15, 0.2) is 5.54 Å². The number of hydrogen-bond donors (Lipinski definition) is 0. The van der Waals surface area contributed by atoms with Crippen LogP contribution in [0.25, 0.3) is 0 Å². The second-order valence-electron chi connectivity index (χ2n) is 6.11. The van der Waals surface area contributed by atoms with Crippen molar-refractivity contribution in [1.82, 2.24) is 4.90 Å². The molecule has 5 nitrogen and oxygen atoms in total. The third-order valence-electron chi connectivity index (χ3n) is 3.33. The minimum atomic E-state index is -1.28. The highest BCUT2D eigenvalue weighted by Gasteiger charge is 2.44. The van der Waals surface area contributed by atoms with Crippen LogP contribution in [0.3, 0.4) is 0 Å². The van der Waals surface area contributed by atoms with Crippen molar-refractivity contribution in [2.24, 2.45) is 0 Å². The van der Waals surface area contributed by atoms with E-state index in [1.165, 1.54) is 19.1 Å². The van der Waals surface area contributed by atoms with Crippen LogP contribution in [0.2, 0.25) is 0 Å². The molecule has 0 saturated carbocycles. The van der Waals surface area contributed by atoms with Crippen LogP contribution in [0.4, 0.5) is 4.79 Å². The Morgan fingerprint density at radius 1 is 1.09 bits per heavy atom. The number of nitrogens with zero attached hydrogens (tertiary/aromatic N) is 1. The Hall–Kier alpha value is -1.56. The van der Waals surface area contributed by atoms with Crippen molar-refractivity contribution in [3.05, 3.63) is 34.3 Å². The third-order valence-corrected chi connectivity index (χ3v) is 3.86. The summed E-state index contributed by atoms with van der Waals surface area (Å²) in [5.41, 5.74) is -1.30. The van der Waals surface area contributed by atoms with Crippen molar-refractivity contribution in [1.29, 1.82) is 0 Å². The Balaban J connectivity index is 3.25. The van der Waals surface area contributed by atoms with Crippen LogP contribution >= 0.6 is 15.9 Å². The molecular formula is C16H22BrNO4. The van der Waals surface area contributed by atoms with Crippen LogP contribution in [0.1, 0.15) is 33.3 Å². The van der Waals surface area contributed by atoms with Gasteiger partial charge in [-0.3, -0.25) is 4.90 Å². The molecule has 0 aliphatic heterocycles. The van der Waals surface area contributed by atoms with Gasteiger partial charge in [-0.15, -0.1) is 0 Å². The number of amides is 1. The van der Waals surface area contributed by atoms with Crippen molar-refractivity contribution in [2.75, 3.05) is 14.2 Å². The number of hydrogen-bond acceptors (Lipinski definition) is 4. The Morgan fingerprint density at radius 2 is 1.59 bits per heavy atom. The van der Waals surface area contributed by atoms with E-state index in [-0.39, 0.29) is 0 Å². The standard InChI is InChI=1S/C16H22BrNO4/c1-15(2,3)22-14(20)18(5)16(4,13(19)21-6)11-7-9-12(17)10-8-11/h7-10H,1-6H3. The van der Waals surface area contributed by atoms with Crippen molar-refractivity contribution in [3.8, 4) is 0 Å². The summed E-state index contributed by atoms with van der Waals surface area (Å²) in [7, 11) is 2.81. The number of carbonyl (C=O) groups excluding carboxylic acids is 2. The predicted molar refractivity (Wildman–Crippen MR) is 87.5 cm³/mol. The van der Waals surface area contributed by atoms with E-state index >= 15 is 0 Å². The molecule has 0 N–H and O–H groups in total. The lowest BCUT2D eigenvalue weighted by atomic mass is 9.90. The van der Waals surface area contributed by atoms with Crippen molar-refractivity contribution in [2.45, 2.75) is 38.8 Å². The number of rotatable bonds is 3. The van der Waals surface area contributed by atoms with Gasteiger partial charge in [0.05, 0.1) is 7.11 Å². The molecule has 1 rings (SSSR count). The summed E-state index contributed by atoms with van der Waals surface area (Å²) in [6.45, 7) is 6.95. The largest absolute Gasteiger partial charge is 0.467 e. The predicted octanol–water partition coefficient (Wildman–Crippen LogP) is 3.70. The molecule has 0 radical (unpaired) electrons. The molecule has 122 valence electrons. The monoisotopic (exact) mass is 371 g/mol. The van der Waals surface area contributed by atoms with Gasteiger partial charge in [0.2, 0.25) is 0 Å². The third kappa shape index (κ3) is 4.00. The Labute approximate surface area is 139 Å². The van der Waals surface area contributed by atoms with Crippen LogP contribution in [-0.2, 0) is 19.8 Å². The summed E-state index contributed by atoms with van der Waals surface area (Å²) in [4.78, 5) is 26.0. The highest BCUT2D eigenvalue weighted by atomic mass is 79.9. The number of likely N-dealkylation sites (N-methyl/N-ethyl adjacent to an activating group) is 1. The zero-order chi connectivity index (χ0) is 17.1. The highest BCUT2D eigenvalue weighted by molar-refractivity contribution is 9.10. The molecule has 1 aromatic rings. The fraction of sp³-hybridized carbons (Fsp3) is 0.500. The number of ether oxygens (including phenoxy) is 2. The molecule has 0 aromatic heterocycles. The van der Waals surface area contributed by atoms with E-state index < -0.39 is 23.2 Å². The van der Waals surface area contributed by atoms with Gasteiger partial charge < -0.3 is 9.47 Å². The van der Waals surface area contributed by atoms with E-state index in [1.807, 2.05) is 0 Å². The van der Waals surface area contributed by atoms with Gasteiger partial charge in [0, 0.05) is 11.5 Å². The first-order valence-electron chi connectivity index (χ1n) is 6.83. The molecule has 0 aliphatic rings. The van der Waals surface area contributed by atoms with Crippen molar-refractivity contribution in [3.63, 3.8) is 0 Å². The highest BCUT2D eigenvalue weighted by Crippen LogP contribution is 2.31. The first kappa shape index (κ1) is 18.5. The van der Waals surface area contributed by atoms with Crippen LogP contribution in [0.5, 0.6) is 0 Å². The maximum Gasteiger partial charge on any atom is 0.411 e. The molecule has 0 saturated heterocycles. The topological polar surface area (TPSA) is 55.8 Å². The normalized spacial score (nSPS) is 14.0. The molecule has 0 heterocycles. The number of methoxy groups -OCH3 is 1. The van der Waals surface area contributed by atoms with E-state index in [4.69, 9.17) is 9.47 Å². The second kappa shape index (κ2) is 6.69. The zero-order valence-corrected chi connectivity index (χ0v) is 15.4. The van der Waals surface area contributed by atoms with Crippen molar-refractivity contribution < 1.29 is 19.1 Å². The van der Waals surface area contributed by atoms with Gasteiger partial charge in [0.25, 0.3) is 0 Å². The Morgan fingerprint density at radius 3 is 2.00 bits per heavy atom. The van der Waals surface area contributed by atoms with E-state index in [2.05, 4.69) is 15.9 Å². The molecule has 1 unspecified atom stereocenters. The maximum absolute atomic E-state index is 12.4. The number of halogens is 1. The van der Waals surface area contributed by atoms with Crippen LogP contribution in [0, 0.1) is 0 Å². The van der Waals surface area contributed by atoms with Crippen LogP contribution in [0.15, 0.2) is 28.7 Å². The molecular weight excluding hydrogens is 350 g/mol. The average molecular weight is 372 g/mol. The van der Waals surface area contributed by atoms with Crippen molar-refractivity contribution >= 4 is 28.0 Å². The average Bonchev–Trinajstić information content (AvgIpc) is 2.43. The van der Waals surface area contributed by atoms with Gasteiger partial charge >= 0.3 is 12.1 Å². The smallest absolute Gasteiger partial charge is 0.411 e. The molecule has 0 fully saturated rings. The maximum atomic E-state index is 12.4. The molecule has 1 atom stereocenters. The molecule has 0 bridgehead atoms. The summed E-state index contributed by atoms with van der Waals surface area (Å²) < 4.78 is 11.1. The van der Waals surface area contributed by atoms with Gasteiger partial charge in [-0.1, -0.05) is 28.1 Å². The Kier molecular flexibility index (Phi) is 5.62. The lowest BCUT2D eigenvalue weighted by Gasteiger charge is -2.37. The van der Waals surface area contributed by atoms with Gasteiger partial charge in [-0.05, 0) is 45.4 Å². The fourth-order valence-electron chi connectivity index (χ4n) is 1.93. The van der Waals surface area contributed by atoms with Gasteiger partial charge in [0.1, 0.15) is 5.60 Å². The number of benzene rings is 1. The fourth-order valence-corrected chi connectivity index (χ4v) is 2.20. The van der Waals surface area contributed by atoms with Gasteiger partial charge in [-0.2, -0.15) is 0 Å². The molecule has 0 spiro atoms. The minimum absolute atomic E-state index is 0.539. The molecule has 0 aliphatic carbocycles. The first-order chi connectivity index (χ1) is 10.0. The van der Waals surface area contributed by atoms with E-state index in [0.29, 0.717) is 5.56 Å². The minimum Gasteiger partial charge on any atom is -0.467 e. The Bertz CT molecular complexity index is 550. The van der Waals surface area contributed by atoms with E-state index in [1.54, 1.807) is 52.0 Å². The molecule has 22 heavy (non-hydrogen) atoms. The molecule has 1 aromatic carbocycles. The van der Waals surface area contributed by atoms with Crippen LogP contribution in [-0.4, -0.2) is 36.7 Å². The summed E-state index contributed by atoms with van der Waals surface area (Å²) in [6.07, 6.45) is -0.594. The SMILES string of the molecule is COC(=O)C(C)(c1ccc(Br)cc1)N(C)C(=O)OC(C)(C)C. The summed E-state index contributed by atoms with van der Waals surface area (Å²) >= 11 is 3.35. The number of esters is 1. The zero-order valence-electron chi connectivity index (χ0n) is 13.8. The molecule has 1 amide bonds. The quantitative estimate of drug-likeness (QED) is 0.760. The number of carbonyl (C=O) groups is 2. The molecule has 6 heteroatoms. The van der Waals surface area contributed by atoms with Crippen LogP contribution < -0.4 is 0 Å². The first-order valence-corrected chi connectivity index (χ1v) is 7.63. The van der Waals surface area contributed by atoms with Gasteiger partial charge in [-0.25, -0.2) is 9.59 Å². The summed E-state index contributed by atoms with van der Waals surface area (Å²) in [5, 5.41) is 0. The summed E-state index contributed by atoms with van der Waals surface area (Å²) in [6, 6.07) is 7.14.